The third kappa shape index (κ3) is 6.60. The average Bonchev–Trinajstić information content (AvgIpc) is 2.83. The van der Waals surface area contributed by atoms with E-state index in [1.807, 2.05) is 48.5 Å². The van der Waals surface area contributed by atoms with Gasteiger partial charge in [-0.1, -0.05) is 60.4 Å². The molecule has 3 aromatic carbocycles. The van der Waals surface area contributed by atoms with Gasteiger partial charge in [-0.3, -0.25) is 0 Å². The number of carbonyl (C=O) groups excluding carboxylic acids is 1. The van der Waals surface area contributed by atoms with Gasteiger partial charge in [0.15, 0.2) is 6.04 Å². The lowest BCUT2D eigenvalue weighted by Gasteiger charge is -2.11. The van der Waals surface area contributed by atoms with E-state index < -0.39 is 22.0 Å². The van der Waals surface area contributed by atoms with Crippen molar-refractivity contribution in [1.82, 2.24) is 4.72 Å². The Morgan fingerprint density at radius 2 is 1.47 bits per heavy atom. The smallest absolute Gasteiger partial charge is 0.336 e. The van der Waals surface area contributed by atoms with Crippen LogP contribution in [0.25, 0.3) is 0 Å². The highest BCUT2D eigenvalue weighted by Crippen LogP contribution is 2.20. The van der Waals surface area contributed by atoms with E-state index in [4.69, 9.17) is 4.74 Å². The molecule has 0 spiro atoms. The lowest BCUT2D eigenvalue weighted by molar-refractivity contribution is -0.141. The molecule has 0 aromatic heterocycles. The summed E-state index contributed by atoms with van der Waals surface area (Å²) in [5, 5.41) is 8.17. The lowest BCUT2D eigenvalue weighted by atomic mass is 10.1. The summed E-state index contributed by atoms with van der Waals surface area (Å²) in [7, 11) is -2.84. The van der Waals surface area contributed by atoms with E-state index >= 15 is 0 Å². The lowest BCUT2D eigenvalue weighted by Crippen LogP contribution is -2.40. The average molecular weight is 448 g/mol. The molecule has 0 saturated heterocycles. The Hall–Kier alpha value is -3.80. The molecular formula is C24H21N3O4S. The maximum atomic E-state index is 12.7. The van der Waals surface area contributed by atoms with Crippen LogP contribution in [0.4, 0.5) is 11.4 Å². The number of sulfonamides is 1. The number of nitrogens with zero attached hydrogens (tertiary/aromatic N) is 2. The molecule has 0 aliphatic carbocycles. The standard InChI is InChI=1S/C24H21N3O4S/c1-31-24(28)23(14-8-11-19-9-4-2-5-10-19)27-32(29,30)22-17-15-21(16-18-22)26-25-20-12-6-3-7-13-20/h2-7,9-10,12-13,15-18,23,27H,11H2,1H3. The molecular weight excluding hydrogens is 426 g/mol. The van der Waals surface area contributed by atoms with Crippen molar-refractivity contribution in [2.24, 2.45) is 10.2 Å². The number of benzene rings is 3. The van der Waals surface area contributed by atoms with Crippen LogP contribution >= 0.6 is 0 Å². The molecule has 0 bridgehead atoms. The van der Waals surface area contributed by atoms with Crippen LogP contribution < -0.4 is 4.72 Å². The summed E-state index contributed by atoms with van der Waals surface area (Å²) >= 11 is 0. The van der Waals surface area contributed by atoms with E-state index in [0.717, 1.165) is 5.56 Å². The van der Waals surface area contributed by atoms with Gasteiger partial charge in [0.25, 0.3) is 0 Å². The Kier molecular flexibility index (Phi) is 7.86. The fourth-order valence-corrected chi connectivity index (χ4v) is 3.73. The van der Waals surface area contributed by atoms with Crippen LogP contribution in [0, 0.1) is 11.8 Å². The molecule has 7 nitrogen and oxygen atoms in total. The van der Waals surface area contributed by atoms with Gasteiger partial charge in [-0.25, -0.2) is 13.2 Å². The van der Waals surface area contributed by atoms with E-state index in [0.29, 0.717) is 17.8 Å². The minimum atomic E-state index is -4.02. The highest BCUT2D eigenvalue weighted by molar-refractivity contribution is 7.89. The van der Waals surface area contributed by atoms with Crippen LogP contribution in [0.15, 0.2) is 100 Å². The summed E-state index contributed by atoms with van der Waals surface area (Å²) in [6, 6.07) is 23.1. The van der Waals surface area contributed by atoms with Crippen LogP contribution in [0.5, 0.6) is 0 Å². The molecule has 32 heavy (non-hydrogen) atoms. The predicted octanol–water partition coefficient (Wildman–Crippen LogP) is 4.17. The molecule has 0 heterocycles. The van der Waals surface area contributed by atoms with Gasteiger partial charge in [-0.05, 0) is 42.0 Å². The Morgan fingerprint density at radius 1 is 0.906 bits per heavy atom. The van der Waals surface area contributed by atoms with Crippen molar-refractivity contribution in [2.75, 3.05) is 7.11 Å². The summed E-state index contributed by atoms with van der Waals surface area (Å²) in [6.45, 7) is 0. The van der Waals surface area contributed by atoms with Gasteiger partial charge in [0.1, 0.15) is 0 Å². The highest BCUT2D eigenvalue weighted by atomic mass is 32.2. The highest BCUT2D eigenvalue weighted by Gasteiger charge is 2.24. The molecule has 1 N–H and O–H groups in total. The number of rotatable bonds is 7. The van der Waals surface area contributed by atoms with Crippen LogP contribution in [-0.2, 0) is 26.0 Å². The zero-order chi connectivity index (χ0) is 22.8. The first-order valence-electron chi connectivity index (χ1n) is 9.67. The molecule has 0 saturated carbocycles. The van der Waals surface area contributed by atoms with Gasteiger partial charge in [0.05, 0.1) is 23.4 Å². The molecule has 8 heteroatoms. The topological polar surface area (TPSA) is 97.2 Å². The first-order valence-corrected chi connectivity index (χ1v) is 11.2. The summed E-state index contributed by atoms with van der Waals surface area (Å²) in [5.74, 6) is 4.68. The van der Waals surface area contributed by atoms with Crippen molar-refractivity contribution in [3.05, 3.63) is 90.5 Å². The SMILES string of the molecule is COC(=O)C(C#CCc1ccccc1)NS(=O)(=O)c1ccc(N=Nc2ccccc2)cc1. The fraction of sp³-hybridized carbons (Fsp3) is 0.125. The maximum Gasteiger partial charge on any atom is 0.336 e. The van der Waals surface area contributed by atoms with Gasteiger partial charge in [0, 0.05) is 6.42 Å². The third-order valence-corrected chi connectivity index (χ3v) is 5.71. The normalized spacial score (nSPS) is 12.0. The van der Waals surface area contributed by atoms with Gasteiger partial charge >= 0.3 is 5.97 Å². The van der Waals surface area contributed by atoms with Crippen molar-refractivity contribution in [3.8, 4) is 11.8 Å². The summed E-state index contributed by atoms with van der Waals surface area (Å²) in [4.78, 5) is 12.0. The molecule has 162 valence electrons. The number of hydrogen-bond acceptors (Lipinski definition) is 6. The molecule has 3 rings (SSSR count). The van der Waals surface area contributed by atoms with Crippen LogP contribution in [0.2, 0.25) is 0 Å². The molecule has 0 radical (unpaired) electrons. The second kappa shape index (κ2) is 11.0. The monoisotopic (exact) mass is 447 g/mol. The maximum absolute atomic E-state index is 12.7. The van der Waals surface area contributed by atoms with Crippen LogP contribution in [-0.4, -0.2) is 27.5 Å². The number of ether oxygens (including phenoxy) is 1. The van der Waals surface area contributed by atoms with E-state index in [2.05, 4.69) is 26.8 Å². The molecule has 0 aliphatic rings. The second-order valence-electron chi connectivity index (χ2n) is 6.59. The Morgan fingerprint density at radius 3 is 2.06 bits per heavy atom. The predicted molar refractivity (Wildman–Crippen MR) is 121 cm³/mol. The van der Waals surface area contributed by atoms with E-state index in [-0.39, 0.29) is 4.90 Å². The van der Waals surface area contributed by atoms with Crippen molar-refractivity contribution >= 4 is 27.4 Å². The second-order valence-corrected chi connectivity index (χ2v) is 8.30. The number of azo groups is 1. The fourth-order valence-electron chi connectivity index (χ4n) is 2.63. The van der Waals surface area contributed by atoms with Crippen molar-refractivity contribution in [3.63, 3.8) is 0 Å². The van der Waals surface area contributed by atoms with E-state index in [1.54, 1.807) is 12.1 Å². The molecule has 0 amide bonds. The quantitative estimate of drug-likeness (QED) is 0.334. The van der Waals surface area contributed by atoms with E-state index in [1.165, 1.54) is 31.4 Å². The minimum absolute atomic E-state index is 0.0325. The Balaban J connectivity index is 1.72. The van der Waals surface area contributed by atoms with Gasteiger partial charge in [0.2, 0.25) is 10.0 Å². The van der Waals surface area contributed by atoms with Crippen LogP contribution in [0.1, 0.15) is 5.56 Å². The first-order chi connectivity index (χ1) is 15.5. The molecule has 0 aliphatic heterocycles. The van der Waals surface area contributed by atoms with Crippen LogP contribution in [0.3, 0.4) is 0 Å². The summed E-state index contributed by atoms with van der Waals surface area (Å²) < 4.78 is 32.5. The number of nitrogens with one attached hydrogen (secondary N) is 1. The number of carbonyl (C=O) groups is 1. The van der Waals surface area contributed by atoms with E-state index in [9.17, 15) is 13.2 Å². The van der Waals surface area contributed by atoms with Crippen molar-refractivity contribution in [2.45, 2.75) is 17.4 Å². The molecule has 1 atom stereocenters. The van der Waals surface area contributed by atoms with Gasteiger partial charge < -0.3 is 4.74 Å². The molecule has 1 unspecified atom stereocenters. The molecule has 0 fully saturated rings. The number of hydrogen-bond donors (Lipinski definition) is 1. The van der Waals surface area contributed by atoms with Gasteiger partial charge in [-0.2, -0.15) is 15.0 Å². The number of methoxy groups -OCH3 is 1. The summed E-state index contributed by atoms with van der Waals surface area (Å²) in [5.41, 5.74) is 2.12. The third-order valence-electron chi connectivity index (χ3n) is 4.28. The Bertz CT molecular complexity index is 1230. The zero-order valence-corrected chi connectivity index (χ0v) is 18.1. The largest absolute Gasteiger partial charge is 0.467 e. The van der Waals surface area contributed by atoms with Crippen molar-refractivity contribution < 1.29 is 17.9 Å². The number of esters is 1. The van der Waals surface area contributed by atoms with Gasteiger partial charge in [-0.15, -0.1) is 0 Å². The molecule has 3 aromatic rings. The Labute approximate surface area is 187 Å². The minimum Gasteiger partial charge on any atom is -0.467 e. The van der Waals surface area contributed by atoms with Crippen molar-refractivity contribution in [1.29, 1.82) is 0 Å². The zero-order valence-electron chi connectivity index (χ0n) is 17.3. The first kappa shape index (κ1) is 22.9. The summed E-state index contributed by atoms with van der Waals surface area (Å²) in [6.07, 6.45) is 0.372.